The van der Waals surface area contributed by atoms with Crippen LogP contribution >= 0.6 is 0 Å². The summed E-state index contributed by atoms with van der Waals surface area (Å²) in [6.07, 6.45) is 3.74. The van der Waals surface area contributed by atoms with Gasteiger partial charge in [-0.1, -0.05) is 30.3 Å². The highest BCUT2D eigenvalue weighted by Crippen LogP contribution is 2.29. The first-order valence-corrected chi connectivity index (χ1v) is 6.15. The smallest absolute Gasteiger partial charge is 0.0784 e. The fourth-order valence-corrected chi connectivity index (χ4v) is 2.35. The Balaban J connectivity index is 2.62. The van der Waals surface area contributed by atoms with E-state index in [1.807, 2.05) is 24.3 Å². The number of allylic oxidation sites excluding steroid dienone is 1. The Morgan fingerprint density at radius 1 is 1.06 bits per heavy atom. The van der Waals surface area contributed by atoms with E-state index >= 15 is 0 Å². The molecule has 4 nitrogen and oxygen atoms in total. The van der Waals surface area contributed by atoms with E-state index in [1.54, 1.807) is 0 Å². The number of fused-ring (bicyclic) bond motifs is 1. The second-order valence-electron chi connectivity index (χ2n) is 4.58. The van der Waals surface area contributed by atoms with Crippen molar-refractivity contribution in [2.45, 2.75) is 18.8 Å². The summed E-state index contributed by atoms with van der Waals surface area (Å²) in [4.78, 5) is 0. The van der Waals surface area contributed by atoms with E-state index in [0.717, 1.165) is 24.0 Å². The molecule has 0 fully saturated rings. The molecule has 0 heterocycles. The van der Waals surface area contributed by atoms with Gasteiger partial charge in [0.1, 0.15) is 0 Å². The van der Waals surface area contributed by atoms with Crippen molar-refractivity contribution in [3.05, 3.63) is 52.9 Å². The first-order chi connectivity index (χ1) is 8.65. The average Bonchev–Trinajstić information content (AvgIpc) is 2.44. The Bertz CT molecular complexity index is 502. The van der Waals surface area contributed by atoms with Crippen LogP contribution in [-0.4, -0.2) is 6.54 Å². The van der Waals surface area contributed by atoms with Crippen molar-refractivity contribution in [2.24, 2.45) is 22.9 Å². The van der Waals surface area contributed by atoms with Crippen molar-refractivity contribution in [3.8, 4) is 0 Å². The van der Waals surface area contributed by atoms with Gasteiger partial charge in [0.2, 0.25) is 0 Å². The molecule has 0 spiro atoms. The molecule has 2 rings (SSSR count). The number of nitrogens with two attached hydrogens (primary N) is 4. The molecule has 8 N–H and O–H groups in total. The summed E-state index contributed by atoms with van der Waals surface area (Å²) in [5.74, 6) is 0.287. The quantitative estimate of drug-likeness (QED) is 0.590. The van der Waals surface area contributed by atoms with Crippen LogP contribution in [0.3, 0.4) is 0 Å². The molecule has 4 heteroatoms. The fourth-order valence-electron chi connectivity index (χ4n) is 2.35. The molecule has 0 aliphatic heterocycles. The SMILES string of the molecule is NCC1CC/C=C(N)\C(N)=C(\N)c2ccccc21. The molecule has 0 radical (unpaired) electrons. The lowest BCUT2D eigenvalue weighted by atomic mass is 9.89. The van der Waals surface area contributed by atoms with Crippen LogP contribution in [0.25, 0.3) is 5.70 Å². The molecule has 0 aromatic heterocycles. The number of rotatable bonds is 1. The number of hydrogen-bond acceptors (Lipinski definition) is 4. The standard InChI is InChI=1S/C14H20N4/c15-8-9-4-3-7-12(16)14(18)13(17)11-6-2-1-5-10(9)11/h1-2,5-7,9H,3-4,8,15-18H2/b12-7+,14-13-. The van der Waals surface area contributed by atoms with Crippen LogP contribution in [0.15, 0.2) is 41.7 Å². The van der Waals surface area contributed by atoms with E-state index in [1.165, 1.54) is 0 Å². The van der Waals surface area contributed by atoms with Crippen molar-refractivity contribution in [1.29, 1.82) is 0 Å². The van der Waals surface area contributed by atoms with Crippen molar-refractivity contribution in [2.75, 3.05) is 6.54 Å². The maximum Gasteiger partial charge on any atom is 0.0784 e. The molecule has 1 unspecified atom stereocenters. The number of benzene rings is 1. The zero-order chi connectivity index (χ0) is 13.1. The molecule has 0 bridgehead atoms. The summed E-state index contributed by atoms with van der Waals surface area (Å²) in [6.45, 7) is 0.595. The predicted octanol–water partition coefficient (Wildman–Crippen LogP) is 0.951. The van der Waals surface area contributed by atoms with E-state index in [0.29, 0.717) is 23.6 Å². The topological polar surface area (TPSA) is 104 Å². The van der Waals surface area contributed by atoms with Gasteiger partial charge in [-0.3, -0.25) is 0 Å². The van der Waals surface area contributed by atoms with Crippen LogP contribution < -0.4 is 22.9 Å². The Labute approximate surface area is 107 Å². The van der Waals surface area contributed by atoms with Gasteiger partial charge in [-0.05, 0) is 30.9 Å². The Kier molecular flexibility index (Phi) is 3.58. The van der Waals surface area contributed by atoms with Crippen LogP contribution in [0.4, 0.5) is 0 Å². The summed E-state index contributed by atoms with van der Waals surface area (Å²) in [5.41, 5.74) is 27.6. The molecule has 1 aliphatic rings. The molecule has 1 atom stereocenters. The summed E-state index contributed by atoms with van der Waals surface area (Å²) in [7, 11) is 0. The van der Waals surface area contributed by atoms with E-state index in [-0.39, 0.29) is 5.92 Å². The first-order valence-electron chi connectivity index (χ1n) is 6.15. The van der Waals surface area contributed by atoms with E-state index in [9.17, 15) is 0 Å². The van der Waals surface area contributed by atoms with Gasteiger partial charge in [0.05, 0.1) is 17.1 Å². The monoisotopic (exact) mass is 244 g/mol. The van der Waals surface area contributed by atoms with E-state index < -0.39 is 0 Å². The molecular weight excluding hydrogens is 224 g/mol. The third-order valence-electron chi connectivity index (χ3n) is 3.46. The minimum Gasteiger partial charge on any atom is -0.397 e. The van der Waals surface area contributed by atoms with Crippen LogP contribution in [0.5, 0.6) is 0 Å². The lowest BCUT2D eigenvalue weighted by Gasteiger charge is -2.18. The maximum atomic E-state index is 6.13. The van der Waals surface area contributed by atoms with Gasteiger partial charge in [-0.15, -0.1) is 0 Å². The predicted molar refractivity (Wildman–Crippen MR) is 75.0 cm³/mol. The normalized spacial score (nSPS) is 27.4. The van der Waals surface area contributed by atoms with Crippen molar-refractivity contribution < 1.29 is 0 Å². The van der Waals surface area contributed by atoms with Crippen molar-refractivity contribution >= 4 is 5.70 Å². The van der Waals surface area contributed by atoms with Gasteiger partial charge in [0.15, 0.2) is 0 Å². The van der Waals surface area contributed by atoms with Crippen LogP contribution in [0.2, 0.25) is 0 Å². The summed E-state index contributed by atoms with van der Waals surface area (Å²) in [6, 6.07) is 7.98. The Hall–Kier alpha value is -1.94. The Morgan fingerprint density at radius 3 is 2.50 bits per heavy atom. The molecule has 1 aromatic rings. The molecule has 1 aromatic carbocycles. The van der Waals surface area contributed by atoms with Crippen LogP contribution in [-0.2, 0) is 0 Å². The van der Waals surface area contributed by atoms with Crippen LogP contribution in [0, 0.1) is 0 Å². The highest BCUT2D eigenvalue weighted by atomic mass is 14.8. The minimum atomic E-state index is 0.287. The zero-order valence-electron chi connectivity index (χ0n) is 10.4. The van der Waals surface area contributed by atoms with Gasteiger partial charge in [-0.2, -0.15) is 0 Å². The summed E-state index contributed by atoms with van der Waals surface area (Å²) >= 11 is 0. The summed E-state index contributed by atoms with van der Waals surface area (Å²) in [5, 5.41) is 0. The van der Waals surface area contributed by atoms with Crippen LogP contribution in [0.1, 0.15) is 29.9 Å². The molecular formula is C14H20N4. The van der Waals surface area contributed by atoms with Gasteiger partial charge >= 0.3 is 0 Å². The van der Waals surface area contributed by atoms with E-state index in [4.69, 9.17) is 22.9 Å². The van der Waals surface area contributed by atoms with Gasteiger partial charge in [0, 0.05) is 5.56 Å². The minimum absolute atomic E-state index is 0.287. The Morgan fingerprint density at radius 2 is 1.78 bits per heavy atom. The highest BCUT2D eigenvalue weighted by Gasteiger charge is 2.18. The number of hydrogen-bond donors (Lipinski definition) is 4. The van der Waals surface area contributed by atoms with Crippen molar-refractivity contribution in [3.63, 3.8) is 0 Å². The van der Waals surface area contributed by atoms with Gasteiger partial charge < -0.3 is 22.9 Å². The molecule has 0 saturated carbocycles. The molecule has 18 heavy (non-hydrogen) atoms. The zero-order valence-corrected chi connectivity index (χ0v) is 10.4. The molecule has 0 amide bonds. The van der Waals surface area contributed by atoms with E-state index in [2.05, 4.69) is 6.07 Å². The lowest BCUT2D eigenvalue weighted by molar-refractivity contribution is 0.640. The summed E-state index contributed by atoms with van der Waals surface area (Å²) < 4.78 is 0. The second-order valence-corrected chi connectivity index (χ2v) is 4.58. The highest BCUT2D eigenvalue weighted by molar-refractivity contribution is 5.71. The molecule has 0 saturated heterocycles. The average molecular weight is 244 g/mol. The largest absolute Gasteiger partial charge is 0.397 e. The third-order valence-corrected chi connectivity index (χ3v) is 3.46. The van der Waals surface area contributed by atoms with Crippen molar-refractivity contribution in [1.82, 2.24) is 0 Å². The second kappa shape index (κ2) is 5.14. The molecule has 96 valence electrons. The van der Waals surface area contributed by atoms with Gasteiger partial charge in [0.25, 0.3) is 0 Å². The fraction of sp³-hybridized carbons (Fsp3) is 0.286. The molecule has 1 aliphatic carbocycles. The first kappa shape index (κ1) is 12.5. The lowest BCUT2D eigenvalue weighted by Crippen LogP contribution is -2.17. The third kappa shape index (κ3) is 2.19. The maximum absolute atomic E-state index is 6.13. The van der Waals surface area contributed by atoms with Gasteiger partial charge in [-0.25, -0.2) is 0 Å².